The number of ketones is 1. The molecule has 24 heavy (non-hydrogen) atoms. The van der Waals surface area contributed by atoms with Crippen molar-refractivity contribution < 1.29 is 9.90 Å². The zero-order valence-corrected chi connectivity index (χ0v) is 14.8. The first-order valence-corrected chi connectivity index (χ1v) is 9.77. The second-order valence-electron chi connectivity index (χ2n) is 9.08. The van der Waals surface area contributed by atoms with Crippen molar-refractivity contribution >= 4 is 5.78 Å². The van der Waals surface area contributed by atoms with E-state index >= 15 is 0 Å². The molecule has 0 aromatic carbocycles. The first-order chi connectivity index (χ1) is 11.5. The van der Waals surface area contributed by atoms with Crippen molar-refractivity contribution in [2.24, 2.45) is 34.5 Å². The molecule has 0 aromatic rings. The van der Waals surface area contributed by atoms with Crippen LogP contribution in [0.5, 0.6) is 0 Å². The van der Waals surface area contributed by atoms with Gasteiger partial charge in [-0.05, 0) is 74.0 Å². The Balaban J connectivity index is 1.67. The molecule has 4 saturated carbocycles. The van der Waals surface area contributed by atoms with Gasteiger partial charge >= 0.3 is 0 Å². The zero-order valence-electron chi connectivity index (χ0n) is 14.8. The minimum absolute atomic E-state index is 0.000146. The third-order valence-corrected chi connectivity index (χ3v) is 8.56. The molecule has 3 nitrogen and oxygen atoms in total. The number of allylic oxidation sites excluding steroid dienone is 2. The number of nitrogens with zero attached hydrogens (tertiary/aromatic N) is 1. The number of hydrogen-bond donors (Lipinski definition) is 1. The summed E-state index contributed by atoms with van der Waals surface area (Å²) in [5.41, 5.74) is 1.57. The van der Waals surface area contributed by atoms with Crippen LogP contribution < -0.4 is 0 Å². The van der Waals surface area contributed by atoms with Gasteiger partial charge in [0.05, 0.1) is 6.07 Å². The number of hydrogen-bond acceptors (Lipinski definition) is 3. The Kier molecular flexibility index (Phi) is 3.88. The van der Waals surface area contributed by atoms with E-state index in [0.29, 0.717) is 42.3 Å². The largest absolute Gasteiger partial charge is 0.396 e. The normalized spacial score (nSPS) is 49.2. The van der Waals surface area contributed by atoms with Gasteiger partial charge in [0.2, 0.25) is 0 Å². The summed E-state index contributed by atoms with van der Waals surface area (Å²) in [7, 11) is 0. The standard InChI is InChI=1S/C21H29NO2/c1-20-9-7-19-17(18(20)5-3-14(20)8-11-22)4-2-15-12-16(24)6-10-21(15,19)13-23/h8,15,17-19,23H,2-7,9-10,12-13H2,1H3. The molecule has 130 valence electrons. The summed E-state index contributed by atoms with van der Waals surface area (Å²) in [5.74, 6) is 2.73. The van der Waals surface area contributed by atoms with Crippen molar-refractivity contribution in [2.45, 2.75) is 64.7 Å². The zero-order chi connectivity index (χ0) is 16.9. The van der Waals surface area contributed by atoms with E-state index in [1.54, 1.807) is 0 Å². The Morgan fingerprint density at radius 1 is 1.21 bits per heavy atom. The highest BCUT2D eigenvalue weighted by Crippen LogP contribution is 2.67. The highest BCUT2D eigenvalue weighted by Gasteiger charge is 2.60. The van der Waals surface area contributed by atoms with E-state index in [2.05, 4.69) is 13.0 Å². The number of rotatable bonds is 1. The SMILES string of the molecule is CC12CCC3C(CCC4CC(=O)CCC43CO)C1CCC2=CC#N. The van der Waals surface area contributed by atoms with Gasteiger partial charge in [-0.25, -0.2) is 0 Å². The number of Topliss-reactive ketones (excluding diaryl/α,β-unsaturated/α-hetero) is 1. The first kappa shape index (κ1) is 16.3. The molecule has 6 unspecified atom stereocenters. The van der Waals surface area contributed by atoms with Crippen LogP contribution in [0, 0.1) is 45.8 Å². The molecule has 3 heteroatoms. The number of fused-ring (bicyclic) bond motifs is 5. The molecule has 0 amide bonds. The minimum Gasteiger partial charge on any atom is -0.396 e. The summed E-state index contributed by atoms with van der Waals surface area (Å²) >= 11 is 0. The third-order valence-electron chi connectivity index (χ3n) is 8.56. The summed E-state index contributed by atoms with van der Waals surface area (Å²) in [4.78, 5) is 12.0. The maximum absolute atomic E-state index is 12.0. The summed E-state index contributed by atoms with van der Waals surface area (Å²) in [5, 5.41) is 19.5. The van der Waals surface area contributed by atoms with Crippen LogP contribution in [-0.2, 0) is 4.79 Å². The van der Waals surface area contributed by atoms with Crippen LogP contribution >= 0.6 is 0 Å². The topological polar surface area (TPSA) is 61.1 Å². The summed E-state index contributed by atoms with van der Waals surface area (Å²) < 4.78 is 0. The van der Waals surface area contributed by atoms with E-state index in [-0.39, 0.29) is 17.4 Å². The van der Waals surface area contributed by atoms with Crippen LogP contribution in [0.2, 0.25) is 0 Å². The molecule has 0 spiro atoms. The van der Waals surface area contributed by atoms with E-state index in [0.717, 1.165) is 32.1 Å². The molecule has 6 atom stereocenters. The third kappa shape index (κ3) is 2.08. The predicted molar refractivity (Wildman–Crippen MR) is 91.8 cm³/mol. The van der Waals surface area contributed by atoms with Crippen LogP contribution in [0.25, 0.3) is 0 Å². The Morgan fingerprint density at radius 3 is 2.79 bits per heavy atom. The molecular formula is C21H29NO2. The quantitative estimate of drug-likeness (QED) is 0.740. The van der Waals surface area contributed by atoms with E-state index < -0.39 is 0 Å². The maximum atomic E-state index is 12.0. The van der Waals surface area contributed by atoms with Gasteiger partial charge in [0.25, 0.3) is 0 Å². The Morgan fingerprint density at radius 2 is 2.04 bits per heavy atom. The van der Waals surface area contributed by atoms with Crippen LogP contribution in [0.3, 0.4) is 0 Å². The monoisotopic (exact) mass is 327 g/mol. The molecule has 0 saturated heterocycles. The molecule has 4 aliphatic carbocycles. The van der Waals surface area contributed by atoms with E-state index in [9.17, 15) is 9.90 Å². The van der Waals surface area contributed by atoms with Gasteiger partial charge in [-0.1, -0.05) is 12.5 Å². The lowest BCUT2D eigenvalue weighted by Gasteiger charge is -2.60. The van der Waals surface area contributed by atoms with Crippen LogP contribution in [0.1, 0.15) is 64.7 Å². The van der Waals surface area contributed by atoms with Gasteiger partial charge in [0.15, 0.2) is 0 Å². The van der Waals surface area contributed by atoms with Crippen molar-refractivity contribution in [3.8, 4) is 6.07 Å². The molecule has 1 N–H and O–H groups in total. The first-order valence-electron chi connectivity index (χ1n) is 9.77. The molecule has 0 bridgehead atoms. The van der Waals surface area contributed by atoms with Crippen LogP contribution in [-0.4, -0.2) is 17.5 Å². The second-order valence-corrected chi connectivity index (χ2v) is 9.08. The van der Waals surface area contributed by atoms with Crippen molar-refractivity contribution in [1.29, 1.82) is 5.26 Å². The van der Waals surface area contributed by atoms with Crippen LogP contribution in [0.15, 0.2) is 11.6 Å². The number of carbonyl (C=O) groups is 1. The van der Waals surface area contributed by atoms with Gasteiger partial charge in [0.1, 0.15) is 5.78 Å². The fraction of sp³-hybridized carbons (Fsp3) is 0.810. The fourth-order valence-electron chi connectivity index (χ4n) is 7.32. The van der Waals surface area contributed by atoms with Gasteiger partial charge in [-0.15, -0.1) is 0 Å². The number of aliphatic hydroxyl groups excluding tert-OH is 1. The van der Waals surface area contributed by atoms with Crippen LogP contribution in [0.4, 0.5) is 0 Å². The smallest absolute Gasteiger partial charge is 0.133 e. The van der Waals surface area contributed by atoms with Crippen molar-refractivity contribution in [1.82, 2.24) is 0 Å². The lowest BCUT2D eigenvalue weighted by atomic mass is 9.44. The van der Waals surface area contributed by atoms with Gasteiger partial charge in [-0.3, -0.25) is 4.79 Å². The molecule has 4 fully saturated rings. The van der Waals surface area contributed by atoms with E-state index in [4.69, 9.17) is 5.26 Å². The average molecular weight is 327 g/mol. The summed E-state index contributed by atoms with van der Waals surface area (Å²) in [6, 6.07) is 2.27. The van der Waals surface area contributed by atoms with Gasteiger partial charge in [-0.2, -0.15) is 5.26 Å². The number of nitriles is 1. The van der Waals surface area contributed by atoms with Gasteiger partial charge in [0, 0.05) is 30.9 Å². The molecule has 4 aliphatic rings. The van der Waals surface area contributed by atoms with E-state index in [1.807, 2.05) is 6.08 Å². The molecule has 0 aliphatic heterocycles. The minimum atomic E-state index is -0.000146. The molecular weight excluding hydrogens is 298 g/mol. The average Bonchev–Trinajstić information content (AvgIpc) is 2.91. The molecule has 0 radical (unpaired) electrons. The number of aliphatic hydroxyl groups is 1. The van der Waals surface area contributed by atoms with Gasteiger partial charge < -0.3 is 5.11 Å². The highest BCUT2D eigenvalue weighted by molar-refractivity contribution is 5.79. The Labute approximate surface area is 145 Å². The summed E-state index contributed by atoms with van der Waals surface area (Å²) in [6.07, 6.45) is 11.0. The van der Waals surface area contributed by atoms with Crippen molar-refractivity contribution in [3.63, 3.8) is 0 Å². The Hall–Kier alpha value is -1.14. The molecule has 0 heterocycles. The molecule has 4 rings (SSSR count). The van der Waals surface area contributed by atoms with Crippen molar-refractivity contribution in [2.75, 3.05) is 6.61 Å². The second kappa shape index (κ2) is 5.70. The lowest BCUT2D eigenvalue weighted by Crippen LogP contribution is -2.55. The summed E-state index contributed by atoms with van der Waals surface area (Å²) in [6.45, 7) is 2.64. The fourth-order valence-corrected chi connectivity index (χ4v) is 7.32. The van der Waals surface area contributed by atoms with Crippen molar-refractivity contribution in [3.05, 3.63) is 11.6 Å². The Bertz CT molecular complexity index is 618. The number of carbonyl (C=O) groups excluding carboxylic acids is 1. The predicted octanol–water partition coefficient (Wildman–Crippen LogP) is 4.02. The highest BCUT2D eigenvalue weighted by atomic mass is 16.3. The maximum Gasteiger partial charge on any atom is 0.133 e. The molecule has 0 aromatic heterocycles. The van der Waals surface area contributed by atoms with E-state index in [1.165, 1.54) is 18.4 Å². The lowest BCUT2D eigenvalue weighted by molar-refractivity contribution is -0.148.